The van der Waals surface area contributed by atoms with Crippen molar-refractivity contribution in [2.45, 2.75) is 37.1 Å². The monoisotopic (exact) mass is 346 g/mol. The van der Waals surface area contributed by atoms with Gasteiger partial charge in [0.05, 0.1) is 6.54 Å². The van der Waals surface area contributed by atoms with Crippen LogP contribution in [0.4, 0.5) is 11.5 Å². The molecular formula is C17H22N4O2S. The molecule has 128 valence electrons. The Hall–Kier alpha value is -2.15. The number of nitrogens with zero attached hydrogens (tertiary/aromatic N) is 1. The highest BCUT2D eigenvalue weighted by Gasteiger charge is 2.28. The molecule has 0 spiro atoms. The zero-order chi connectivity index (χ0) is 17.1. The number of H-pyrrole nitrogens is 1. The number of rotatable bonds is 5. The summed E-state index contributed by atoms with van der Waals surface area (Å²) in [5.41, 5.74) is 6.49. The maximum atomic E-state index is 12.2. The molecule has 3 rings (SSSR count). The van der Waals surface area contributed by atoms with Crippen LogP contribution in [0.2, 0.25) is 0 Å². The first-order valence-electron chi connectivity index (χ1n) is 8.06. The Labute approximate surface area is 144 Å². The summed E-state index contributed by atoms with van der Waals surface area (Å²) in [6.45, 7) is 0.327. The average molecular weight is 346 g/mol. The molecule has 2 atom stereocenters. The summed E-state index contributed by atoms with van der Waals surface area (Å²) in [6.07, 6.45) is 5.34. The van der Waals surface area contributed by atoms with Gasteiger partial charge in [-0.05, 0) is 24.7 Å². The first-order valence-corrected chi connectivity index (χ1v) is 9.34. The van der Waals surface area contributed by atoms with Crippen molar-refractivity contribution in [2.75, 3.05) is 17.3 Å². The number of aromatic nitrogens is 2. The highest BCUT2D eigenvalue weighted by atomic mass is 32.2. The molecule has 1 aliphatic rings. The van der Waals surface area contributed by atoms with Gasteiger partial charge in [-0.1, -0.05) is 36.8 Å². The molecule has 0 bridgehead atoms. The molecule has 6 nitrogen and oxygen atoms in total. The summed E-state index contributed by atoms with van der Waals surface area (Å²) < 4.78 is 1.40. The fourth-order valence-electron chi connectivity index (χ4n) is 3.21. The number of nitrogen functional groups attached to an aromatic ring is 1. The van der Waals surface area contributed by atoms with Crippen molar-refractivity contribution in [3.63, 3.8) is 0 Å². The Morgan fingerprint density at radius 3 is 2.75 bits per heavy atom. The lowest BCUT2D eigenvalue weighted by molar-refractivity contribution is 0.721. The normalized spacial score (nSPS) is 20.2. The van der Waals surface area contributed by atoms with Gasteiger partial charge in [-0.3, -0.25) is 14.3 Å². The number of benzene rings is 1. The third kappa shape index (κ3) is 3.36. The summed E-state index contributed by atoms with van der Waals surface area (Å²) in [5, 5.41) is 3.74. The molecule has 2 aromatic rings. The Balaban J connectivity index is 1.94. The van der Waals surface area contributed by atoms with Crippen molar-refractivity contribution in [1.29, 1.82) is 0 Å². The fraction of sp³-hybridized carbons (Fsp3) is 0.412. The SMILES string of the molecule is CSC1CCCC1Nc1c(N)n(Cc2ccccc2)c(=O)[nH]c1=O. The Morgan fingerprint density at radius 2 is 2.04 bits per heavy atom. The van der Waals surface area contributed by atoms with Crippen LogP contribution in [0.25, 0.3) is 0 Å². The largest absolute Gasteiger partial charge is 0.383 e. The highest BCUT2D eigenvalue weighted by molar-refractivity contribution is 7.99. The van der Waals surface area contributed by atoms with Crippen LogP contribution in [-0.2, 0) is 6.54 Å². The van der Waals surface area contributed by atoms with Crippen LogP contribution in [0.15, 0.2) is 39.9 Å². The van der Waals surface area contributed by atoms with Gasteiger partial charge in [-0.15, -0.1) is 0 Å². The quantitative estimate of drug-likeness (QED) is 0.768. The van der Waals surface area contributed by atoms with Crippen molar-refractivity contribution >= 4 is 23.3 Å². The third-order valence-electron chi connectivity index (χ3n) is 4.51. The second-order valence-corrected chi connectivity index (χ2v) is 7.12. The number of aromatic amines is 1. The maximum Gasteiger partial charge on any atom is 0.330 e. The molecule has 0 radical (unpaired) electrons. The molecule has 1 fully saturated rings. The first-order chi connectivity index (χ1) is 11.6. The van der Waals surface area contributed by atoms with Crippen LogP contribution in [0.3, 0.4) is 0 Å². The molecule has 0 saturated heterocycles. The summed E-state index contributed by atoms with van der Waals surface area (Å²) >= 11 is 1.80. The summed E-state index contributed by atoms with van der Waals surface area (Å²) in [6, 6.07) is 9.77. The highest BCUT2D eigenvalue weighted by Crippen LogP contribution is 2.31. The van der Waals surface area contributed by atoms with Crippen molar-refractivity contribution in [2.24, 2.45) is 0 Å². The number of hydrogen-bond donors (Lipinski definition) is 3. The van der Waals surface area contributed by atoms with E-state index in [4.69, 9.17) is 5.73 Å². The lowest BCUT2D eigenvalue weighted by atomic mass is 10.2. The Bertz CT molecular complexity index is 816. The van der Waals surface area contributed by atoms with E-state index in [0.29, 0.717) is 17.5 Å². The second-order valence-electron chi connectivity index (χ2n) is 6.05. The van der Waals surface area contributed by atoms with E-state index < -0.39 is 11.2 Å². The predicted molar refractivity (Wildman–Crippen MR) is 99.8 cm³/mol. The van der Waals surface area contributed by atoms with E-state index in [9.17, 15) is 9.59 Å². The average Bonchev–Trinajstić information content (AvgIpc) is 3.03. The fourth-order valence-corrected chi connectivity index (χ4v) is 4.14. The molecule has 1 aromatic carbocycles. The standard InChI is InChI=1S/C17H22N4O2S/c1-24-13-9-5-8-12(13)19-14-15(18)21(17(23)20-16(14)22)10-11-6-3-2-4-7-11/h2-4,6-7,12-13,19H,5,8-10,18H2,1H3,(H,20,22,23). The second kappa shape index (κ2) is 7.17. The first kappa shape index (κ1) is 16.7. The van der Waals surface area contributed by atoms with Gasteiger partial charge >= 0.3 is 5.69 Å². The van der Waals surface area contributed by atoms with Crippen molar-refractivity contribution in [1.82, 2.24) is 9.55 Å². The van der Waals surface area contributed by atoms with Crippen LogP contribution >= 0.6 is 11.8 Å². The lowest BCUT2D eigenvalue weighted by Gasteiger charge is -2.22. The maximum absolute atomic E-state index is 12.2. The van der Waals surface area contributed by atoms with Gasteiger partial charge < -0.3 is 11.1 Å². The topological polar surface area (TPSA) is 92.9 Å². The van der Waals surface area contributed by atoms with Crippen LogP contribution in [-0.4, -0.2) is 27.1 Å². The number of thioether (sulfide) groups is 1. The molecule has 4 N–H and O–H groups in total. The van der Waals surface area contributed by atoms with Gasteiger partial charge in [0.15, 0.2) is 0 Å². The molecule has 2 unspecified atom stereocenters. The van der Waals surface area contributed by atoms with E-state index in [1.54, 1.807) is 11.8 Å². The van der Waals surface area contributed by atoms with Gasteiger partial charge in [0, 0.05) is 11.3 Å². The molecule has 24 heavy (non-hydrogen) atoms. The minimum atomic E-state index is -0.486. The Kier molecular flexibility index (Phi) is 4.99. The smallest absolute Gasteiger partial charge is 0.330 e. The van der Waals surface area contributed by atoms with Crippen LogP contribution in [0, 0.1) is 0 Å². The van der Waals surface area contributed by atoms with Crippen LogP contribution in [0.1, 0.15) is 24.8 Å². The zero-order valence-corrected chi connectivity index (χ0v) is 14.4. The van der Waals surface area contributed by atoms with Crippen molar-refractivity contribution in [3.8, 4) is 0 Å². The number of nitrogens with two attached hydrogens (primary N) is 1. The summed E-state index contributed by atoms with van der Waals surface area (Å²) in [5.74, 6) is 0.194. The van der Waals surface area contributed by atoms with Crippen LogP contribution in [0.5, 0.6) is 0 Å². The van der Waals surface area contributed by atoms with Crippen molar-refractivity contribution in [3.05, 3.63) is 56.7 Å². The summed E-state index contributed by atoms with van der Waals surface area (Å²) in [4.78, 5) is 26.8. The Morgan fingerprint density at radius 1 is 1.29 bits per heavy atom. The van der Waals surface area contributed by atoms with E-state index in [2.05, 4.69) is 16.6 Å². The molecule has 7 heteroatoms. The van der Waals surface area contributed by atoms with E-state index in [1.165, 1.54) is 4.57 Å². The molecule has 0 aliphatic heterocycles. The molecule has 1 saturated carbocycles. The zero-order valence-electron chi connectivity index (χ0n) is 13.6. The number of anilines is 2. The third-order valence-corrected chi connectivity index (χ3v) is 5.68. The van der Waals surface area contributed by atoms with Gasteiger partial charge in [-0.25, -0.2) is 4.79 Å². The van der Waals surface area contributed by atoms with Gasteiger partial charge in [0.25, 0.3) is 5.56 Å². The molecule has 1 aromatic heterocycles. The number of nitrogens with one attached hydrogen (secondary N) is 2. The van der Waals surface area contributed by atoms with Gasteiger partial charge in [0.2, 0.25) is 0 Å². The minimum absolute atomic E-state index is 0.194. The predicted octanol–water partition coefficient (Wildman–Crippen LogP) is 1.86. The number of hydrogen-bond acceptors (Lipinski definition) is 5. The summed E-state index contributed by atoms with van der Waals surface area (Å²) in [7, 11) is 0. The van der Waals surface area contributed by atoms with E-state index >= 15 is 0 Å². The molecule has 1 aliphatic carbocycles. The van der Waals surface area contributed by atoms with Crippen LogP contribution < -0.4 is 22.3 Å². The van der Waals surface area contributed by atoms with Gasteiger partial charge in [-0.2, -0.15) is 11.8 Å². The van der Waals surface area contributed by atoms with E-state index in [1.807, 2.05) is 30.3 Å². The molecular weight excluding hydrogens is 324 g/mol. The lowest BCUT2D eigenvalue weighted by Crippen LogP contribution is -2.37. The van der Waals surface area contributed by atoms with Gasteiger partial charge in [0.1, 0.15) is 11.5 Å². The molecule has 0 amide bonds. The van der Waals surface area contributed by atoms with E-state index in [-0.39, 0.29) is 11.9 Å². The minimum Gasteiger partial charge on any atom is -0.383 e. The molecule has 1 heterocycles. The van der Waals surface area contributed by atoms with E-state index in [0.717, 1.165) is 24.8 Å². The van der Waals surface area contributed by atoms with Crippen molar-refractivity contribution < 1.29 is 0 Å².